The molecule has 1 atom stereocenters. The van der Waals surface area contributed by atoms with Gasteiger partial charge in [0.25, 0.3) is 0 Å². The normalized spacial score (nSPS) is 23.7. The molecule has 0 amide bonds. The second kappa shape index (κ2) is 5.48. The molecule has 1 fully saturated rings. The maximum absolute atomic E-state index is 8.95. The lowest BCUT2D eigenvalue weighted by Crippen LogP contribution is -2.46. The first kappa shape index (κ1) is 12.5. The Kier molecular flexibility index (Phi) is 4.56. The van der Waals surface area contributed by atoms with Crippen LogP contribution in [0.2, 0.25) is 0 Å². The summed E-state index contributed by atoms with van der Waals surface area (Å²) in [6.45, 7) is 9.93. The molecule has 1 aliphatic rings. The van der Waals surface area contributed by atoms with Crippen LogP contribution in [0, 0.1) is 16.7 Å². The SMILES string of the molecule is CCC1COCCN1CCC(C)(C)C#N. The van der Waals surface area contributed by atoms with Crippen LogP contribution in [0.3, 0.4) is 0 Å². The van der Waals surface area contributed by atoms with Gasteiger partial charge in [-0.3, -0.25) is 4.90 Å². The van der Waals surface area contributed by atoms with E-state index in [9.17, 15) is 0 Å². The highest BCUT2D eigenvalue weighted by molar-refractivity contribution is 4.92. The van der Waals surface area contributed by atoms with Crippen LogP contribution in [-0.2, 0) is 4.74 Å². The Labute approximate surface area is 93.0 Å². The highest BCUT2D eigenvalue weighted by atomic mass is 16.5. The first-order valence-electron chi connectivity index (χ1n) is 5.82. The van der Waals surface area contributed by atoms with Gasteiger partial charge >= 0.3 is 0 Å². The summed E-state index contributed by atoms with van der Waals surface area (Å²) in [5.74, 6) is 0. The number of rotatable bonds is 4. The van der Waals surface area contributed by atoms with Gasteiger partial charge in [0.15, 0.2) is 0 Å². The molecule has 3 heteroatoms. The molecule has 0 saturated carbocycles. The lowest BCUT2D eigenvalue weighted by Gasteiger charge is -2.36. The smallest absolute Gasteiger partial charge is 0.0684 e. The minimum absolute atomic E-state index is 0.198. The van der Waals surface area contributed by atoms with Gasteiger partial charge in [-0.05, 0) is 26.7 Å². The van der Waals surface area contributed by atoms with Gasteiger partial charge < -0.3 is 4.74 Å². The maximum Gasteiger partial charge on any atom is 0.0684 e. The fourth-order valence-corrected chi connectivity index (χ4v) is 1.84. The van der Waals surface area contributed by atoms with Crippen LogP contribution >= 0.6 is 0 Å². The van der Waals surface area contributed by atoms with E-state index in [1.54, 1.807) is 0 Å². The van der Waals surface area contributed by atoms with Crippen LogP contribution in [0.15, 0.2) is 0 Å². The van der Waals surface area contributed by atoms with E-state index in [2.05, 4.69) is 17.9 Å². The molecule has 0 aromatic heterocycles. The van der Waals surface area contributed by atoms with Crippen LogP contribution in [-0.4, -0.2) is 37.2 Å². The molecule has 1 saturated heterocycles. The van der Waals surface area contributed by atoms with Gasteiger partial charge in [-0.15, -0.1) is 0 Å². The van der Waals surface area contributed by atoms with Crippen LogP contribution in [0.5, 0.6) is 0 Å². The van der Waals surface area contributed by atoms with E-state index in [0.29, 0.717) is 6.04 Å². The molecule has 86 valence electrons. The summed E-state index contributed by atoms with van der Waals surface area (Å²) >= 11 is 0. The molecule has 0 aliphatic carbocycles. The van der Waals surface area contributed by atoms with Gasteiger partial charge in [-0.2, -0.15) is 5.26 Å². The summed E-state index contributed by atoms with van der Waals surface area (Å²) in [7, 11) is 0. The van der Waals surface area contributed by atoms with Crippen molar-refractivity contribution in [3.05, 3.63) is 0 Å². The molecule has 0 aromatic carbocycles. The van der Waals surface area contributed by atoms with Crippen LogP contribution in [0.1, 0.15) is 33.6 Å². The molecule has 0 bridgehead atoms. The Hall–Kier alpha value is -0.590. The zero-order chi connectivity index (χ0) is 11.3. The third kappa shape index (κ3) is 3.81. The van der Waals surface area contributed by atoms with Crippen molar-refractivity contribution < 1.29 is 4.74 Å². The number of hydrogen-bond acceptors (Lipinski definition) is 3. The third-order valence-corrected chi connectivity index (χ3v) is 3.15. The van der Waals surface area contributed by atoms with E-state index < -0.39 is 0 Å². The largest absolute Gasteiger partial charge is 0.378 e. The molecule has 0 aromatic rings. The maximum atomic E-state index is 8.95. The van der Waals surface area contributed by atoms with E-state index in [1.807, 2.05) is 13.8 Å². The number of hydrogen-bond donors (Lipinski definition) is 0. The Morgan fingerprint density at radius 2 is 2.27 bits per heavy atom. The number of ether oxygens (including phenoxy) is 1. The standard InChI is InChI=1S/C12H22N2O/c1-4-11-9-15-8-7-14(11)6-5-12(2,3)10-13/h11H,4-9H2,1-3H3. The monoisotopic (exact) mass is 210 g/mol. The molecule has 1 aliphatic heterocycles. The fourth-order valence-electron chi connectivity index (χ4n) is 1.84. The summed E-state index contributed by atoms with van der Waals surface area (Å²) < 4.78 is 5.45. The zero-order valence-electron chi connectivity index (χ0n) is 10.1. The van der Waals surface area contributed by atoms with Gasteiger partial charge in [-0.25, -0.2) is 0 Å². The molecule has 1 rings (SSSR count). The summed E-state index contributed by atoms with van der Waals surface area (Å²) in [5, 5.41) is 8.95. The zero-order valence-corrected chi connectivity index (χ0v) is 10.1. The van der Waals surface area contributed by atoms with Crippen molar-refractivity contribution in [1.82, 2.24) is 4.90 Å². The van der Waals surface area contributed by atoms with E-state index in [0.717, 1.165) is 39.1 Å². The predicted octanol–water partition coefficient (Wildman–Crippen LogP) is 2.04. The van der Waals surface area contributed by atoms with Crippen LogP contribution in [0.25, 0.3) is 0 Å². The van der Waals surface area contributed by atoms with Crippen LogP contribution < -0.4 is 0 Å². The fraction of sp³-hybridized carbons (Fsp3) is 0.917. The Bertz CT molecular complexity index is 232. The van der Waals surface area contributed by atoms with Crippen molar-refractivity contribution in [2.24, 2.45) is 5.41 Å². The van der Waals surface area contributed by atoms with Crippen molar-refractivity contribution in [3.8, 4) is 6.07 Å². The Balaban J connectivity index is 2.39. The summed E-state index contributed by atoms with van der Waals surface area (Å²) in [6.07, 6.45) is 2.08. The average Bonchev–Trinajstić information content (AvgIpc) is 2.27. The predicted molar refractivity (Wildman–Crippen MR) is 60.5 cm³/mol. The molecule has 3 nitrogen and oxygen atoms in total. The first-order valence-corrected chi connectivity index (χ1v) is 5.82. The molecular weight excluding hydrogens is 188 g/mol. The lowest BCUT2D eigenvalue weighted by molar-refractivity contribution is -0.0115. The van der Waals surface area contributed by atoms with Gasteiger partial charge in [-0.1, -0.05) is 6.92 Å². The highest BCUT2D eigenvalue weighted by Crippen LogP contribution is 2.21. The quantitative estimate of drug-likeness (QED) is 0.712. The number of nitriles is 1. The van der Waals surface area contributed by atoms with Gasteiger partial charge in [0.05, 0.1) is 24.7 Å². The van der Waals surface area contributed by atoms with Crippen molar-refractivity contribution in [1.29, 1.82) is 5.26 Å². The molecule has 15 heavy (non-hydrogen) atoms. The second-order valence-electron chi connectivity index (χ2n) is 4.92. The number of nitrogens with zero attached hydrogens (tertiary/aromatic N) is 2. The Morgan fingerprint density at radius 3 is 2.87 bits per heavy atom. The summed E-state index contributed by atoms with van der Waals surface area (Å²) in [6, 6.07) is 2.91. The molecule has 1 unspecified atom stereocenters. The molecular formula is C12H22N2O. The van der Waals surface area contributed by atoms with Crippen molar-refractivity contribution in [2.45, 2.75) is 39.7 Å². The van der Waals surface area contributed by atoms with Gasteiger partial charge in [0.2, 0.25) is 0 Å². The molecule has 1 heterocycles. The van der Waals surface area contributed by atoms with E-state index in [1.165, 1.54) is 0 Å². The van der Waals surface area contributed by atoms with E-state index in [4.69, 9.17) is 10.00 Å². The summed E-state index contributed by atoms with van der Waals surface area (Å²) in [4.78, 5) is 2.46. The second-order valence-corrected chi connectivity index (χ2v) is 4.92. The third-order valence-electron chi connectivity index (χ3n) is 3.15. The average molecular weight is 210 g/mol. The highest BCUT2D eigenvalue weighted by Gasteiger charge is 2.24. The van der Waals surface area contributed by atoms with Crippen molar-refractivity contribution in [2.75, 3.05) is 26.3 Å². The van der Waals surface area contributed by atoms with Gasteiger partial charge in [0, 0.05) is 19.1 Å². The van der Waals surface area contributed by atoms with Crippen molar-refractivity contribution >= 4 is 0 Å². The summed E-state index contributed by atoms with van der Waals surface area (Å²) in [5.41, 5.74) is -0.198. The molecule has 0 N–H and O–H groups in total. The Morgan fingerprint density at radius 1 is 1.53 bits per heavy atom. The molecule has 0 spiro atoms. The van der Waals surface area contributed by atoms with E-state index >= 15 is 0 Å². The number of morpholine rings is 1. The molecule has 0 radical (unpaired) electrons. The topological polar surface area (TPSA) is 36.3 Å². The minimum atomic E-state index is -0.198. The lowest BCUT2D eigenvalue weighted by atomic mass is 9.91. The first-order chi connectivity index (χ1) is 7.09. The van der Waals surface area contributed by atoms with Gasteiger partial charge in [0.1, 0.15) is 0 Å². The van der Waals surface area contributed by atoms with Crippen LogP contribution in [0.4, 0.5) is 0 Å². The minimum Gasteiger partial charge on any atom is -0.378 e. The van der Waals surface area contributed by atoms with E-state index in [-0.39, 0.29) is 5.41 Å². The van der Waals surface area contributed by atoms with Crippen molar-refractivity contribution in [3.63, 3.8) is 0 Å².